The van der Waals surface area contributed by atoms with Gasteiger partial charge < -0.3 is 19.7 Å². The highest BCUT2D eigenvalue weighted by atomic mass is 16.5. The fraction of sp³-hybridized carbons (Fsp3) is 0.286. The Morgan fingerprint density at radius 2 is 2.07 bits per heavy atom. The van der Waals surface area contributed by atoms with Crippen molar-refractivity contribution in [2.45, 2.75) is 13.3 Å². The van der Waals surface area contributed by atoms with E-state index in [9.17, 15) is 14.7 Å². The Morgan fingerprint density at radius 3 is 2.75 bits per heavy atom. The second-order valence-electron chi connectivity index (χ2n) is 7.39. The van der Waals surface area contributed by atoms with Crippen LogP contribution in [0.2, 0.25) is 0 Å². The van der Waals surface area contributed by atoms with Gasteiger partial charge >= 0.3 is 5.97 Å². The van der Waals surface area contributed by atoms with E-state index >= 15 is 0 Å². The summed E-state index contributed by atoms with van der Waals surface area (Å²) < 4.78 is 7.49. The van der Waals surface area contributed by atoms with E-state index in [0.717, 1.165) is 27.9 Å². The van der Waals surface area contributed by atoms with Crippen LogP contribution >= 0.6 is 0 Å². The first-order chi connectivity index (χ1) is 13.3. The summed E-state index contributed by atoms with van der Waals surface area (Å²) in [6, 6.07) is 11.6. The highest BCUT2D eigenvalue weighted by Crippen LogP contribution is 2.52. The van der Waals surface area contributed by atoms with Crippen molar-refractivity contribution >= 4 is 28.6 Å². The van der Waals surface area contributed by atoms with Crippen molar-refractivity contribution < 1.29 is 19.4 Å². The summed E-state index contributed by atoms with van der Waals surface area (Å²) in [5, 5.41) is 12.9. The van der Waals surface area contributed by atoms with Gasteiger partial charge in [0.15, 0.2) is 0 Å². The number of hydrogen-bond donors (Lipinski definition) is 2. The maximum atomic E-state index is 12.4. The number of carbonyl (C=O) groups excluding carboxylic acids is 1. The molecule has 4 rings (SSSR count). The zero-order valence-electron chi connectivity index (χ0n) is 15.9. The molecule has 1 aliphatic rings. The zero-order chi connectivity index (χ0) is 20.1. The number of pyridine rings is 1. The molecule has 1 fully saturated rings. The monoisotopic (exact) mass is 379 g/mol. The molecule has 0 aliphatic heterocycles. The minimum Gasteiger partial charge on any atom is -0.496 e. The van der Waals surface area contributed by atoms with Crippen molar-refractivity contribution in [3.63, 3.8) is 0 Å². The molecule has 1 amide bonds. The van der Waals surface area contributed by atoms with Gasteiger partial charge in [0.2, 0.25) is 5.91 Å². The van der Waals surface area contributed by atoms with Gasteiger partial charge in [-0.05, 0) is 37.6 Å². The van der Waals surface area contributed by atoms with Crippen LogP contribution in [0.5, 0.6) is 5.75 Å². The molecule has 1 aliphatic carbocycles. The number of amides is 1. The molecule has 2 atom stereocenters. The average Bonchev–Trinajstić information content (AvgIpc) is 3.29. The Labute approximate surface area is 162 Å². The summed E-state index contributed by atoms with van der Waals surface area (Å²) in [6.07, 6.45) is 2.05. The van der Waals surface area contributed by atoms with Crippen molar-refractivity contribution in [3.8, 4) is 17.0 Å². The average molecular weight is 379 g/mol. The van der Waals surface area contributed by atoms with Gasteiger partial charge in [-0.1, -0.05) is 12.1 Å². The number of carboxylic acid groups (broad SMARTS) is 1. The topological polar surface area (TPSA) is 93.4 Å². The molecule has 1 saturated carbocycles. The van der Waals surface area contributed by atoms with Crippen LogP contribution in [0.15, 0.2) is 42.6 Å². The molecule has 2 N–H and O–H groups in total. The summed E-state index contributed by atoms with van der Waals surface area (Å²) in [5.74, 6) is -0.591. The van der Waals surface area contributed by atoms with Gasteiger partial charge in [-0.2, -0.15) is 0 Å². The number of aryl methyl sites for hydroxylation is 1. The van der Waals surface area contributed by atoms with Crippen LogP contribution in [0.3, 0.4) is 0 Å². The van der Waals surface area contributed by atoms with Crippen LogP contribution in [0.25, 0.3) is 22.2 Å². The number of carbonyl (C=O) groups is 2. The molecule has 0 saturated heterocycles. The van der Waals surface area contributed by atoms with Crippen LogP contribution < -0.4 is 10.1 Å². The molecule has 3 aromatic rings. The van der Waals surface area contributed by atoms with Crippen molar-refractivity contribution in [2.75, 3.05) is 12.4 Å². The molecule has 0 bridgehead atoms. The Morgan fingerprint density at radius 1 is 1.32 bits per heavy atom. The van der Waals surface area contributed by atoms with Crippen LogP contribution in [-0.4, -0.2) is 33.6 Å². The van der Waals surface area contributed by atoms with Crippen molar-refractivity contribution in [1.29, 1.82) is 0 Å². The lowest BCUT2D eigenvalue weighted by molar-refractivity contribution is -0.144. The number of hydrogen-bond acceptors (Lipinski definition) is 4. The number of anilines is 1. The van der Waals surface area contributed by atoms with E-state index in [1.165, 1.54) is 0 Å². The second kappa shape index (κ2) is 6.37. The first-order valence-corrected chi connectivity index (χ1v) is 8.98. The van der Waals surface area contributed by atoms with E-state index in [1.807, 2.05) is 41.9 Å². The number of aromatic nitrogens is 2. The maximum Gasteiger partial charge on any atom is 0.310 e. The van der Waals surface area contributed by atoms with Gasteiger partial charge in [0.25, 0.3) is 0 Å². The van der Waals surface area contributed by atoms with Gasteiger partial charge in [0.1, 0.15) is 11.6 Å². The number of nitrogens with zero attached hydrogens (tertiary/aromatic N) is 2. The first-order valence-electron chi connectivity index (χ1n) is 8.98. The Balaban J connectivity index is 1.64. The number of methoxy groups -OCH3 is 1. The van der Waals surface area contributed by atoms with Crippen molar-refractivity contribution in [2.24, 2.45) is 18.4 Å². The number of nitrogens with one attached hydrogen (secondary N) is 1. The van der Waals surface area contributed by atoms with E-state index in [0.29, 0.717) is 12.2 Å². The van der Waals surface area contributed by atoms with Crippen LogP contribution in [0.1, 0.15) is 13.3 Å². The molecule has 0 radical (unpaired) electrons. The molecule has 7 heteroatoms. The number of carboxylic acids is 1. The Bertz CT molecular complexity index is 1100. The summed E-state index contributed by atoms with van der Waals surface area (Å²) in [4.78, 5) is 27.9. The largest absolute Gasteiger partial charge is 0.496 e. The number of fused-ring (bicyclic) bond motifs is 1. The van der Waals surface area contributed by atoms with Gasteiger partial charge in [-0.15, -0.1) is 0 Å². The van der Waals surface area contributed by atoms with Crippen molar-refractivity contribution in [3.05, 3.63) is 42.6 Å². The molecule has 1 aromatic carbocycles. The minimum atomic E-state index is -0.974. The quantitative estimate of drug-likeness (QED) is 0.709. The Hall–Kier alpha value is -3.35. The smallest absolute Gasteiger partial charge is 0.310 e. The molecule has 144 valence electrons. The van der Waals surface area contributed by atoms with Crippen LogP contribution in [0, 0.1) is 11.3 Å². The molecule has 7 nitrogen and oxygen atoms in total. The molecule has 0 spiro atoms. The lowest BCUT2D eigenvalue weighted by Gasteiger charge is -2.09. The lowest BCUT2D eigenvalue weighted by atomic mass is 10.1. The van der Waals surface area contributed by atoms with Gasteiger partial charge in [0.05, 0.1) is 35.9 Å². The summed E-state index contributed by atoms with van der Waals surface area (Å²) in [6.45, 7) is 1.59. The number of benzene rings is 1. The number of para-hydroxylation sites is 1. The normalized spacial score (nSPS) is 20.8. The first kappa shape index (κ1) is 18.0. The SMILES string of the molecule is COc1ccccc1-c1cc2cc(NC(=O)C3CC3(C)C(=O)O)ncc2n1C. The molecule has 28 heavy (non-hydrogen) atoms. The third-order valence-electron chi connectivity index (χ3n) is 5.61. The fourth-order valence-electron chi connectivity index (χ4n) is 3.61. The molecule has 2 aromatic heterocycles. The predicted molar refractivity (Wildman–Crippen MR) is 105 cm³/mol. The van der Waals surface area contributed by atoms with Crippen LogP contribution in [0.4, 0.5) is 5.82 Å². The van der Waals surface area contributed by atoms with E-state index in [2.05, 4.69) is 10.3 Å². The second-order valence-corrected chi connectivity index (χ2v) is 7.39. The zero-order valence-corrected chi connectivity index (χ0v) is 15.9. The predicted octanol–water partition coefficient (Wildman–Crippen LogP) is 3.30. The number of rotatable bonds is 5. The highest BCUT2D eigenvalue weighted by Gasteiger charge is 2.60. The highest BCUT2D eigenvalue weighted by molar-refractivity contribution is 6.00. The standard InChI is InChI=1S/C21H21N3O4/c1-21(20(26)27)10-14(21)19(25)23-18-9-12-8-15(24(2)16(12)11-22-18)13-6-4-5-7-17(13)28-3/h4-9,11,14H,10H2,1-3H3,(H,26,27)(H,22,23,25). The van der Waals surface area contributed by atoms with Crippen LogP contribution in [-0.2, 0) is 16.6 Å². The molecule has 2 heterocycles. The molecule has 2 unspecified atom stereocenters. The van der Waals surface area contributed by atoms with E-state index in [-0.39, 0.29) is 5.91 Å². The number of ether oxygens (including phenoxy) is 1. The number of aliphatic carboxylic acids is 1. The molecular weight excluding hydrogens is 358 g/mol. The maximum absolute atomic E-state index is 12.4. The van der Waals surface area contributed by atoms with Gasteiger partial charge in [-0.25, -0.2) is 4.98 Å². The lowest BCUT2D eigenvalue weighted by Crippen LogP contribution is -2.22. The van der Waals surface area contributed by atoms with Gasteiger partial charge in [-0.3, -0.25) is 9.59 Å². The summed E-state index contributed by atoms with van der Waals surface area (Å²) in [5.41, 5.74) is 1.88. The summed E-state index contributed by atoms with van der Waals surface area (Å²) >= 11 is 0. The third-order valence-corrected chi connectivity index (χ3v) is 5.61. The third kappa shape index (κ3) is 2.79. The van der Waals surface area contributed by atoms with E-state index in [4.69, 9.17) is 4.74 Å². The fourth-order valence-corrected chi connectivity index (χ4v) is 3.61. The van der Waals surface area contributed by atoms with E-state index < -0.39 is 17.3 Å². The molecular formula is C21H21N3O4. The van der Waals surface area contributed by atoms with E-state index in [1.54, 1.807) is 26.3 Å². The minimum absolute atomic E-state index is 0.308. The summed E-state index contributed by atoms with van der Waals surface area (Å²) in [7, 11) is 3.59. The Kier molecular flexibility index (Phi) is 4.10. The van der Waals surface area contributed by atoms with Gasteiger partial charge in [0, 0.05) is 18.0 Å². The van der Waals surface area contributed by atoms with Crippen molar-refractivity contribution in [1.82, 2.24) is 9.55 Å².